The zero-order valence-electron chi connectivity index (χ0n) is 12.7. The Morgan fingerprint density at radius 2 is 2.10 bits per heavy atom. The summed E-state index contributed by atoms with van der Waals surface area (Å²) in [6.45, 7) is 7.39. The SMILES string of the molecule is Cc1nn(C)c(CN2CC3(CCCC3)NCC2C)c1Cl. The summed E-state index contributed by atoms with van der Waals surface area (Å²) < 4.78 is 1.94. The maximum atomic E-state index is 6.41. The summed E-state index contributed by atoms with van der Waals surface area (Å²) in [5.41, 5.74) is 2.43. The lowest BCUT2D eigenvalue weighted by atomic mass is 9.92. The molecule has 112 valence electrons. The minimum absolute atomic E-state index is 0.354. The highest BCUT2D eigenvalue weighted by Gasteiger charge is 2.40. The van der Waals surface area contributed by atoms with Gasteiger partial charge in [-0.25, -0.2) is 0 Å². The van der Waals surface area contributed by atoms with Gasteiger partial charge in [-0.05, 0) is 26.7 Å². The van der Waals surface area contributed by atoms with Crippen LogP contribution in [-0.2, 0) is 13.6 Å². The normalized spacial score (nSPS) is 26.5. The van der Waals surface area contributed by atoms with Gasteiger partial charge >= 0.3 is 0 Å². The summed E-state index contributed by atoms with van der Waals surface area (Å²) in [5.74, 6) is 0. The van der Waals surface area contributed by atoms with Gasteiger partial charge in [0.15, 0.2) is 0 Å². The van der Waals surface area contributed by atoms with Crippen LogP contribution in [0.15, 0.2) is 0 Å². The van der Waals surface area contributed by atoms with E-state index in [4.69, 9.17) is 11.6 Å². The molecule has 1 saturated carbocycles. The predicted octanol–water partition coefficient (Wildman–Crippen LogP) is 2.49. The molecule has 0 aromatic carbocycles. The third-order valence-corrected chi connectivity index (χ3v) is 5.57. The van der Waals surface area contributed by atoms with Gasteiger partial charge in [0.2, 0.25) is 0 Å². The van der Waals surface area contributed by atoms with Crippen molar-refractivity contribution < 1.29 is 0 Å². The number of halogens is 1. The maximum Gasteiger partial charge on any atom is 0.0860 e. The standard InChI is InChI=1S/C15H25ClN4/c1-11-8-17-15(6-4-5-7-15)10-20(11)9-13-14(16)12(2)18-19(13)3/h11,17H,4-10H2,1-3H3. The van der Waals surface area contributed by atoms with E-state index in [-0.39, 0.29) is 0 Å². The van der Waals surface area contributed by atoms with Crippen LogP contribution in [0.2, 0.25) is 5.02 Å². The third kappa shape index (κ3) is 2.49. The molecule has 4 nitrogen and oxygen atoms in total. The van der Waals surface area contributed by atoms with Crippen molar-refractivity contribution in [1.82, 2.24) is 20.0 Å². The number of rotatable bonds is 2. The first-order valence-electron chi connectivity index (χ1n) is 7.68. The first kappa shape index (κ1) is 14.4. The summed E-state index contributed by atoms with van der Waals surface area (Å²) in [4.78, 5) is 2.57. The molecular weight excluding hydrogens is 272 g/mol. The lowest BCUT2D eigenvalue weighted by Gasteiger charge is -2.45. The van der Waals surface area contributed by atoms with Crippen molar-refractivity contribution in [1.29, 1.82) is 0 Å². The lowest BCUT2D eigenvalue weighted by molar-refractivity contribution is 0.0805. The molecule has 20 heavy (non-hydrogen) atoms. The molecule has 2 heterocycles. The van der Waals surface area contributed by atoms with Crippen molar-refractivity contribution >= 4 is 11.6 Å². The molecule has 1 aromatic heterocycles. The van der Waals surface area contributed by atoms with Crippen LogP contribution in [0.25, 0.3) is 0 Å². The van der Waals surface area contributed by atoms with E-state index in [0.717, 1.165) is 36.0 Å². The van der Waals surface area contributed by atoms with Gasteiger partial charge < -0.3 is 5.32 Å². The van der Waals surface area contributed by atoms with E-state index >= 15 is 0 Å². The van der Waals surface area contributed by atoms with Gasteiger partial charge in [-0.15, -0.1) is 0 Å². The van der Waals surface area contributed by atoms with Crippen LogP contribution in [0.4, 0.5) is 0 Å². The monoisotopic (exact) mass is 296 g/mol. The Labute approximate surface area is 126 Å². The Kier molecular flexibility index (Phi) is 3.82. The van der Waals surface area contributed by atoms with Crippen molar-refractivity contribution in [3.63, 3.8) is 0 Å². The number of nitrogens with zero attached hydrogens (tertiary/aromatic N) is 3. The van der Waals surface area contributed by atoms with E-state index in [1.807, 2.05) is 18.7 Å². The quantitative estimate of drug-likeness (QED) is 0.910. The van der Waals surface area contributed by atoms with Crippen molar-refractivity contribution in [2.45, 2.75) is 57.7 Å². The molecule has 0 radical (unpaired) electrons. The van der Waals surface area contributed by atoms with Crippen LogP contribution in [0, 0.1) is 6.92 Å². The zero-order valence-corrected chi connectivity index (χ0v) is 13.5. The molecule has 3 rings (SSSR count). The van der Waals surface area contributed by atoms with Crippen molar-refractivity contribution in [3.8, 4) is 0 Å². The van der Waals surface area contributed by atoms with E-state index in [9.17, 15) is 0 Å². The van der Waals surface area contributed by atoms with Crippen LogP contribution in [0.3, 0.4) is 0 Å². The molecule has 1 aliphatic heterocycles. The van der Waals surface area contributed by atoms with E-state index in [1.165, 1.54) is 25.7 Å². The summed E-state index contributed by atoms with van der Waals surface area (Å²) >= 11 is 6.41. The molecule has 0 bridgehead atoms. The Morgan fingerprint density at radius 3 is 2.70 bits per heavy atom. The lowest BCUT2D eigenvalue weighted by Crippen LogP contribution is -2.62. The molecule has 1 saturated heterocycles. The second-order valence-corrected chi connectivity index (χ2v) is 6.97. The second kappa shape index (κ2) is 5.32. The average Bonchev–Trinajstić information content (AvgIpc) is 2.95. The summed E-state index contributed by atoms with van der Waals surface area (Å²) in [7, 11) is 1.99. The van der Waals surface area contributed by atoms with E-state index < -0.39 is 0 Å². The summed E-state index contributed by atoms with van der Waals surface area (Å²) in [6, 6.07) is 0.549. The van der Waals surface area contributed by atoms with Crippen LogP contribution in [-0.4, -0.2) is 39.4 Å². The summed E-state index contributed by atoms with van der Waals surface area (Å²) in [5, 5.41) is 9.06. The van der Waals surface area contributed by atoms with Gasteiger partial charge in [-0.1, -0.05) is 24.4 Å². The Bertz CT molecular complexity index is 490. The van der Waals surface area contributed by atoms with E-state index in [1.54, 1.807) is 0 Å². The minimum Gasteiger partial charge on any atom is -0.308 e. The largest absolute Gasteiger partial charge is 0.308 e. The van der Waals surface area contributed by atoms with E-state index in [2.05, 4.69) is 22.2 Å². The number of nitrogens with one attached hydrogen (secondary N) is 1. The maximum absolute atomic E-state index is 6.41. The molecule has 2 fully saturated rings. The fraction of sp³-hybridized carbons (Fsp3) is 0.800. The van der Waals surface area contributed by atoms with Gasteiger partial charge in [0.1, 0.15) is 0 Å². The van der Waals surface area contributed by atoms with Crippen LogP contribution < -0.4 is 5.32 Å². The number of piperazine rings is 1. The fourth-order valence-corrected chi connectivity index (χ4v) is 3.96. The predicted molar refractivity (Wildman–Crippen MR) is 82.0 cm³/mol. The molecule has 5 heteroatoms. The second-order valence-electron chi connectivity index (χ2n) is 6.59. The molecule has 1 aliphatic carbocycles. The molecule has 1 spiro atoms. The molecule has 1 aromatic rings. The summed E-state index contributed by atoms with van der Waals surface area (Å²) in [6.07, 6.45) is 5.35. The van der Waals surface area contributed by atoms with Gasteiger partial charge in [-0.3, -0.25) is 9.58 Å². The van der Waals surface area contributed by atoms with Gasteiger partial charge in [0.25, 0.3) is 0 Å². The molecule has 1 atom stereocenters. The first-order valence-corrected chi connectivity index (χ1v) is 8.06. The van der Waals surface area contributed by atoms with Crippen LogP contribution in [0.1, 0.15) is 44.0 Å². The molecule has 1 N–H and O–H groups in total. The third-order valence-electron chi connectivity index (χ3n) is 5.08. The number of aryl methyl sites for hydroxylation is 2. The zero-order chi connectivity index (χ0) is 14.3. The van der Waals surface area contributed by atoms with Gasteiger partial charge in [-0.2, -0.15) is 5.10 Å². The highest BCUT2D eigenvalue weighted by atomic mass is 35.5. The van der Waals surface area contributed by atoms with Crippen LogP contribution in [0.5, 0.6) is 0 Å². The molecule has 2 aliphatic rings. The Balaban J connectivity index is 1.78. The topological polar surface area (TPSA) is 33.1 Å². The number of hydrogen-bond acceptors (Lipinski definition) is 3. The number of aromatic nitrogens is 2. The van der Waals surface area contributed by atoms with Crippen molar-refractivity contribution in [3.05, 3.63) is 16.4 Å². The smallest absolute Gasteiger partial charge is 0.0860 e. The Hall–Kier alpha value is -0.580. The molecule has 1 unspecified atom stereocenters. The highest BCUT2D eigenvalue weighted by molar-refractivity contribution is 6.31. The van der Waals surface area contributed by atoms with E-state index in [0.29, 0.717) is 11.6 Å². The Morgan fingerprint density at radius 1 is 1.40 bits per heavy atom. The van der Waals surface area contributed by atoms with Crippen molar-refractivity contribution in [2.24, 2.45) is 7.05 Å². The fourth-order valence-electron chi connectivity index (χ4n) is 3.74. The van der Waals surface area contributed by atoms with Crippen molar-refractivity contribution in [2.75, 3.05) is 13.1 Å². The molecular formula is C15H25ClN4. The van der Waals surface area contributed by atoms with Gasteiger partial charge in [0, 0.05) is 38.3 Å². The highest BCUT2D eigenvalue weighted by Crippen LogP contribution is 2.34. The minimum atomic E-state index is 0.354. The van der Waals surface area contributed by atoms with Gasteiger partial charge in [0.05, 0.1) is 16.4 Å². The molecule has 0 amide bonds. The first-order chi connectivity index (χ1) is 9.51. The number of hydrogen-bond donors (Lipinski definition) is 1. The van der Waals surface area contributed by atoms with Crippen LogP contribution >= 0.6 is 11.6 Å². The average molecular weight is 297 g/mol.